The molecule has 9 heteroatoms. The molecule has 2 aromatic carbocycles. The van der Waals surface area contributed by atoms with Crippen LogP contribution in [-0.2, 0) is 20.7 Å². The molecular formula is C28H33N3O6. The second-order valence-corrected chi connectivity index (χ2v) is 9.66. The molecule has 1 atom stereocenters. The van der Waals surface area contributed by atoms with E-state index < -0.39 is 6.04 Å². The Morgan fingerprint density at radius 1 is 0.892 bits per heavy atom. The number of amides is 3. The number of benzene rings is 2. The molecule has 2 aromatic rings. The molecule has 2 fully saturated rings. The van der Waals surface area contributed by atoms with Crippen LogP contribution < -0.4 is 14.8 Å². The molecule has 0 aromatic heterocycles. The van der Waals surface area contributed by atoms with E-state index in [1.165, 1.54) is 0 Å². The highest BCUT2D eigenvalue weighted by atomic mass is 16.7. The number of ether oxygens (including phenoxy) is 3. The number of fused-ring (bicyclic) bond motifs is 1. The van der Waals surface area contributed by atoms with Crippen LogP contribution in [-0.4, -0.2) is 79.7 Å². The van der Waals surface area contributed by atoms with Crippen LogP contribution in [0, 0.1) is 5.92 Å². The Kier molecular flexibility index (Phi) is 7.89. The molecule has 3 amide bonds. The van der Waals surface area contributed by atoms with Crippen LogP contribution >= 0.6 is 0 Å². The van der Waals surface area contributed by atoms with Gasteiger partial charge in [0.25, 0.3) is 5.91 Å². The van der Waals surface area contributed by atoms with Crippen LogP contribution in [0.5, 0.6) is 11.5 Å². The average Bonchev–Trinajstić information content (AvgIpc) is 3.43. The van der Waals surface area contributed by atoms with Gasteiger partial charge in [-0.05, 0) is 48.9 Å². The third-order valence-electron chi connectivity index (χ3n) is 7.34. The number of carbonyl (C=O) groups excluding carboxylic acids is 3. The number of morpholine rings is 1. The highest BCUT2D eigenvalue weighted by Crippen LogP contribution is 2.32. The fourth-order valence-corrected chi connectivity index (χ4v) is 5.16. The third kappa shape index (κ3) is 6.05. The minimum absolute atomic E-state index is 0.0634. The first-order chi connectivity index (χ1) is 18.1. The van der Waals surface area contributed by atoms with Gasteiger partial charge in [-0.25, -0.2) is 0 Å². The Labute approximate surface area is 216 Å². The van der Waals surface area contributed by atoms with Crippen molar-refractivity contribution in [1.82, 2.24) is 15.1 Å². The molecule has 5 rings (SSSR count). The molecule has 3 aliphatic heterocycles. The van der Waals surface area contributed by atoms with Gasteiger partial charge in [0, 0.05) is 38.2 Å². The number of rotatable bonds is 7. The Morgan fingerprint density at radius 2 is 1.62 bits per heavy atom. The Morgan fingerprint density at radius 3 is 2.38 bits per heavy atom. The van der Waals surface area contributed by atoms with Crippen LogP contribution in [0.15, 0.2) is 48.5 Å². The Balaban J connectivity index is 1.23. The Hall–Kier alpha value is -3.59. The molecule has 196 valence electrons. The summed E-state index contributed by atoms with van der Waals surface area (Å²) in [6.07, 6.45) is 2.48. The fraction of sp³-hybridized carbons (Fsp3) is 0.464. The SMILES string of the molecule is O=C(NC(C(=O)N1CCOCC1)C1CCN(C(=O)CCc2ccccc2)CC1)c1ccc2c(c1)OCO2. The van der Waals surface area contributed by atoms with Gasteiger partial charge >= 0.3 is 0 Å². The van der Waals surface area contributed by atoms with Gasteiger partial charge in [0.1, 0.15) is 6.04 Å². The number of likely N-dealkylation sites (tertiary alicyclic amines) is 1. The summed E-state index contributed by atoms with van der Waals surface area (Å²) in [5, 5.41) is 3.01. The lowest BCUT2D eigenvalue weighted by Gasteiger charge is -2.38. The average molecular weight is 508 g/mol. The minimum atomic E-state index is -0.669. The van der Waals surface area contributed by atoms with E-state index in [2.05, 4.69) is 5.32 Å². The van der Waals surface area contributed by atoms with Crippen molar-refractivity contribution >= 4 is 17.7 Å². The van der Waals surface area contributed by atoms with E-state index in [-0.39, 0.29) is 30.4 Å². The smallest absolute Gasteiger partial charge is 0.252 e. The van der Waals surface area contributed by atoms with Crippen molar-refractivity contribution in [1.29, 1.82) is 0 Å². The maximum Gasteiger partial charge on any atom is 0.252 e. The van der Waals surface area contributed by atoms with Crippen LogP contribution in [0.2, 0.25) is 0 Å². The molecule has 2 saturated heterocycles. The molecule has 1 N–H and O–H groups in total. The largest absolute Gasteiger partial charge is 0.454 e. The van der Waals surface area contributed by atoms with Crippen LogP contribution in [0.25, 0.3) is 0 Å². The predicted molar refractivity (Wildman–Crippen MR) is 135 cm³/mol. The first kappa shape index (κ1) is 25.1. The van der Waals surface area contributed by atoms with E-state index in [1.54, 1.807) is 23.1 Å². The molecule has 37 heavy (non-hydrogen) atoms. The standard InChI is InChI=1S/C28H33N3O6/c32-25(9-6-20-4-2-1-3-5-20)30-12-10-21(11-13-30)26(28(34)31-14-16-35-17-15-31)29-27(33)22-7-8-23-24(18-22)37-19-36-23/h1-5,7-8,18,21,26H,6,9-17,19H2,(H,29,33). The first-order valence-electron chi connectivity index (χ1n) is 13.0. The summed E-state index contributed by atoms with van der Waals surface area (Å²) in [5.74, 6) is 0.764. The fourth-order valence-electron chi connectivity index (χ4n) is 5.16. The molecule has 0 bridgehead atoms. The number of aryl methyl sites for hydroxylation is 1. The molecule has 3 heterocycles. The number of nitrogens with one attached hydrogen (secondary N) is 1. The van der Waals surface area contributed by atoms with Crippen LogP contribution in [0.4, 0.5) is 0 Å². The Bertz CT molecular complexity index is 1110. The lowest BCUT2D eigenvalue weighted by molar-refractivity contribution is -0.139. The van der Waals surface area contributed by atoms with Crippen molar-refractivity contribution in [2.45, 2.75) is 31.7 Å². The summed E-state index contributed by atoms with van der Waals surface area (Å²) in [6.45, 7) is 3.27. The van der Waals surface area contributed by atoms with E-state index >= 15 is 0 Å². The maximum atomic E-state index is 13.6. The van der Waals surface area contributed by atoms with Crippen LogP contribution in [0.1, 0.15) is 35.2 Å². The monoisotopic (exact) mass is 507 g/mol. The number of piperidine rings is 1. The predicted octanol–water partition coefficient (Wildman–Crippen LogP) is 2.24. The highest BCUT2D eigenvalue weighted by Gasteiger charge is 2.36. The van der Waals surface area contributed by atoms with E-state index in [1.807, 2.05) is 35.2 Å². The van der Waals surface area contributed by atoms with E-state index in [0.717, 1.165) is 5.56 Å². The van der Waals surface area contributed by atoms with Crippen molar-refractivity contribution in [2.75, 3.05) is 46.2 Å². The van der Waals surface area contributed by atoms with Gasteiger partial charge in [-0.3, -0.25) is 14.4 Å². The molecule has 3 aliphatic rings. The lowest BCUT2D eigenvalue weighted by Crippen LogP contribution is -2.56. The summed E-state index contributed by atoms with van der Waals surface area (Å²) in [5.41, 5.74) is 1.56. The number of hydrogen-bond acceptors (Lipinski definition) is 6. The van der Waals surface area contributed by atoms with E-state index in [4.69, 9.17) is 14.2 Å². The quantitative estimate of drug-likeness (QED) is 0.618. The van der Waals surface area contributed by atoms with Gasteiger partial charge in [-0.1, -0.05) is 30.3 Å². The van der Waals surface area contributed by atoms with Gasteiger partial charge in [-0.2, -0.15) is 0 Å². The molecule has 0 saturated carbocycles. The van der Waals surface area contributed by atoms with Crippen molar-refractivity contribution in [2.24, 2.45) is 5.92 Å². The molecule has 0 radical (unpaired) electrons. The van der Waals surface area contributed by atoms with Gasteiger partial charge in [0.15, 0.2) is 11.5 Å². The van der Waals surface area contributed by atoms with Gasteiger partial charge in [-0.15, -0.1) is 0 Å². The minimum Gasteiger partial charge on any atom is -0.454 e. The third-order valence-corrected chi connectivity index (χ3v) is 7.34. The second kappa shape index (κ2) is 11.6. The first-order valence-corrected chi connectivity index (χ1v) is 13.0. The van der Waals surface area contributed by atoms with E-state index in [9.17, 15) is 14.4 Å². The van der Waals surface area contributed by atoms with E-state index in [0.29, 0.717) is 82.1 Å². The van der Waals surface area contributed by atoms with Crippen LogP contribution in [0.3, 0.4) is 0 Å². The van der Waals surface area contributed by atoms with Gasteiger partial charge < -0.3 is 29.3 Å². The summed E-state index contributed by atoms with van der Waals surface area (Å²) < 4.78 is 16.2. The van der Waals surface area contributed by atoms with Gasteiger partial charge in [0.2, 0.25) is 18.6 Å². The summed E-state index contributed by atoms with van der Waals surface area (Å²) in [6, 6.07) is 14.3. The molecule has 0 aliphatic carbocycles. The molecular weight excluding hydrogens is 474 g/mol. The second-order valence-electron chi connectivity index (χ2n) is 9.66. The van der Waals surface area contributed by atoms with Crippen molar-refractivity contribution in [3.05, 3.63) is 59.7 Å². The van der Waals surface area contributed by atoms with Crippen molar-refractivity contribution < 1.29 is 28.6 Å². The lowest BCUT2D eigenvalue weighted by atomic mass is 9.87. The number of carbonyl (C=O) groups is 3. The summed E-state index contributed by atoms with van der Waals surface area (Å²) >= 11 is 0. The number of nitrogens with zero attached hydrogens (tertiary/aromatic N) is 2. The number of hydrogen-bond donors (Lipinski definition) is 1. The van der Waals surface area contributed by atoms with Gasteiger partial charge in [0.05, 0.1) is 13.2 Å². The zero-order chi connectivity index (χ0) is 25.6. The van der Waals surface area contributed by atoms with Crippen molar-refractivity contribution in [3.8, 4) is 11.5 Å². The molecule has 0 spiro atoms. The molecule has 9 nitrogen and oxygen atoms in total. The topological polar surface area (TPSA) is 97.4 Å². The molecule has 1 unspecified atom stereocenters. The zero-order valence-corrected chi connectivity index (χ0v) is 20.9. The zero-order valence-electron chi connectivity index (χ0n) is 20.9. The maximum absolute atomic E-state index is 13.6. The van der Waals surface area contributed by atoms with Crippen molar-refractivity contribution in [3.63, 3.8) is 0 Å². The normalized spacial score (nSPS) is 18.4. The summed E-state index contributed by atoms with van der Waals surface area (Å²) in [4.78, 5) is 43.3. The highest BCUT2D eigenvalue weighted by molar-refractivity contribution is 5.98. The summed E-state index contributed by atoms with van der Waals surface area (Å²) in [7, 11) is 0.